The molecule has 3 rings (SSSR count). The van der Waals surface area contributed by atoms with Crippen LogP contribution in [0.4, 0.5) is 5.69 Å². The van der Waals surface area contributed by atoms with Gasteiger partial charge in [-0.15, -0.1) is 10.2 Å². The first-order valence-electron chi connectivity index (χ1n) is 8.17. The number of nitrogens with one attached hydrogen (secondary N) is 1. The van der Waals surface area contributed by atoms with E-state index in [0.29, 0.717) is 11.4 Å². The number of hydrazone groups is 1. The Kier molecular flexibility index (Phi) is 5.93. The van der Waals surface area contributed by atoms with Gasteiger partial charge in [-0.3, -0.25) is 14.9 Å². The number of benzene rings is 2. The van der Waals surface area contributed by atoms with E-state index in [9.17, 15) is 14.9 Å². The van der Waals surface area contributed by atoms with Gasteiger partial charge in [0.15, 0.2) is 5.82 Å². The third kappa shape index (κ3) is 5.39. The van der Waals surface area contributed by atoms with Crippen molar-refractivity contribution in [1.29, 1.82) is 0 Å². The van der Waals surface area contributed by atoms with Crippen LogP contribution in [0.25, 0.3) is 12.2 Å². The molecule has 1 aromatic heterocycles. The lowest BCUT2D eigenvalue weighted by Crippen LogP contribution is -2.24. The Hall–Kier alpha value is -4.21. The lowest BCUT2D eigenvalue weighted by Gasteiger charge is -1.98. The number of hydrogen-bond acceptors (Lipinski definition) is 7. The summed E-state index contributed by atoms with van der Waals surface area (Å²) >= 11 is 0. The predicted molar refractivity (Wildman–Crippen MR) is 102 cm³/mol. The zero-order valence-corrected chi connectivity index (χ0v) is 14.5. The van der Waals surface area contributed by atoms with Crippen LogP contribution in [0.2, 0.25) is 0 Å². The molecule has 10 nitrogen and oxygen atoms in total. The summed E-state index contributed by atoms with van der Waals surface area (Å²) in [6, 6.07) is 15.4. The topological polar surface area (TPSA) is 128 Å². The van der Waals surface area contributed by atoms with Gasteiger partial charge in [-0.25, -0.2) is 5.43 Å². The van der Waals surface area contributed by atoms with Crippen molar-refractivity contribution in [2.24, 2.45) is 5.10 Å². The minimum Gasteiger partial charge on any atom is -0.271 e. The van der Waals surface area contributed by atoms with Crippen LogP contribution < -0.4 is 5.43 Å². The molecule has 0 saturated heterocycles. The number of tetrazole rings is 1. The Morgan fingerprint density at radius 3 is 2.57 bits per heavy atom. The lowest BCUT2D eigenvalue weighted by molar-refractivity contribution is -0.384. The second kappa shape index (κ2) is 8.94. The summed E-state index contributed by atoms with van der Waals surface area (Å²) in [6.07, 6.45) is 4.92. The Morgan fingerprint density at radius 1 is 1.11 bits per heavy atom. The van der Waals surface area contributed by atoms with Gasteiger partial charge in [-0.05, 0) is 34.5 Å². The second-order valence-corrected chi connectivity index (χ2v) is 5.56. The van der Waals surface area contributed by atoms with Crippen molar-refractivity contribution in [3.8, 4) is 0 Å². The van der Waals surface area contributed by atoms with Crippen LogP contribution in [-0.4, -0.2) is 37.3 Å². The molecule has 0 unspecified atom stereocenters. The van der Waals surface area contributed by atoms with Crippen molar-refractivity contribution in [1.82, 2.24) is 25.6 Å². The fourth-order valence-electron chi connectivity index (χ4n) is 2.15. The number of nitro benzene ring substituents is 1. The molecule has 0 bridgehead atoms. The smallest absolute Gasteiger partial charge is 0.269 e. The van der Waals surface area contributed by atoms with Gasteiger partial charge < -0.3 is 0 Å². The molecule has 140 valence electrons. The highest BCUT2D eigenvalue weighted by Crippen LogP contribution is 2.10. The summed E-state index contributed by atoms with van der Waals surface area (Å²) in [6.45, 7) is -0.149. The Morgan fingerprint density at radius 2 is 1.86 bits per heavy atom. The van der Waals surface area contributed by atoms with Crippen molar-refractivity contribution in [3.63, 3.8) is 0 Å². The number of rotatable bonds is 7. The highest BCUT2D eigenvalue weighted by atomic mass is 16.6. The number of non-ortho nitro benzene ring substituents is 1. The van der Waals surface area contributed by atoms with Crippen molar-refractivity contribution < 1.29 is 9.72 Å². The third-order valence-electron chi connectivity index (χ3n) is 3.48. The van der Waals surface area contributed by atoms with E-state index in [4.69, 9.17) is 0 Å². The fraction of sp³-hybridized carbons (Fsp3) is 0.0556. The Labute approximate surface area is 159 Å². The molecular formula is C18H15N7O3. The van der Waals surface area contributed by atoms with Gasteiger partial charge in [0.05, 0.1) is 11.1 Å². The maximum Gasteiger partial charge on any atom is 0.269 e. The minimum absolute atomic E-state index is 0.0180. The summed E-state index contributed by atoms with van der Waals surface area (Å²) in [5, 5.41) is 26.1. The largest absolute Gasteiger partial charge is 0.271 e. The molecule has 0 aliphatic carbocycles. The van der Waals surface area contributed by atoms with Gasteiger partial charge >= 0.3 is 0 Å². The highest BCUT2D eigenvalue weighted by Gasteiger charge is 2.06. The average molecular weight is 377 g/mol. The molecule has 1 amide bonds. The molecule has 0 fully saturated rings. The summed E-state index contributed by atoms with van der Waals surface area (Å²) in [5.74, 6) is -0.0554. The summed E-state index contributed by atoms with van der Waals surface area (Å²) in [4.78, 5) is 23.1. The van der Waals surface area contributed by atoms with E-state index in [2.05, 4.69) is 25.9 Å². The molecule has 0 radical (unpaired) electrons. The molecule has 1 heterocycles. The number of hydrogen-bond donors (Lipinski definition) is 1. The Balaban J connectivity index is 1.50. The van der Waals surface area contributed by atoms with E-state index in [1.165, 1.54) is 30.5 Å². The molecule has 1 N–H and O–H groups in total. The standard InChI is InChI=1S/C18H15N7O3/c26-18(21-19-12-15-6-9-16(10-7-15)25(27)28)13-24-22-17(20-23-24)11-8-14-4-2-1-3-5-14/h1-12H,13H2,(H,21,26)/b11-8+,19-12+. The Bertz CT molecular complexity index is 1010. The van der Waals surface area contributed by atoms with Crippen molar-refractivity contribution in [2.45, 2.75) is 6.54 Å². The van der Waals surface area contributed by atoms with E-state index in [1.54, 1.807) is 6.08 Å². The maximum atomic E-state index is 11.9. The van der Waals surface area contributed by atoms with Crippen LogP contribution >= 0.6 is 0 Å². The van der Waals surface area contributed by atoms with Crippen molar-refractivity contribution in [2.75, 3.05) is 0 Å². The van der Waals surface area contributed by atoms with E-state index in [-0.39, 0.29) is 12.2 Å². The summed E-state index contributed by atoms with van der Waals surface area (Å²) in [7, 11) is 0. The van der Waals surface area contributed by atoms with Crippen LogP contribution in [0.5, 0.6) is 0 Å². The quantitative estimate of drug-likeness (QED) is 0.380. The lowest BCUT2D eigenvalue weighted by atomic mass is 10.2. The molecule has 3 aromatic rings. The highest BCUT2D eigenvalue weighted by molar-refractivity contribution is 5.82. The number of nitro groups is 1. The van der Waals surface area contributed by atoms with Gasteiger partial charge in [-0.1, -0.05) is 36.4 Å². The molecule has 0 aliphatic rings. The van der Waals surface area contributed by atoms with Crippen molar-refractivity contribution >= 4 is 30.0 Å². The first-order valence-corrected chi connectivity index (χ1v) is 8.17. The molecule has 0 saturated carbocycles. The number of amides is 1. The van der Waals surface area contributed by atoms with Gasteiger partial charge in [0.25, 0.3) is 11.6 Å². The zero-order chi connectivity index (χ0) is 19.8. The molecule has 10 heteroatoms. The number of carbonyl (C=O) groups is 1. The zero-order valence-electron chi connectivity index (χ0n) is 14.5. The normalized spacial score (nSPS) is 11.1. The van der Waals surface area contributed by atoms with Gasteiger partial charge in [0, 0.05) is 12.1 Å². The summed E-state index contributed by atoms with van der Waals surface area (Å²) in [5.41, 5.74) is 3.92. The summed E-state index contributed by atoms with van der Waals surface area (Å²) < 4.78 is 0. The van der Waals surface area contributed by atoms with Gasteiger partial charge in [0.1, 0.15) is 6.54 Å². The first kappa shape index (κ1) is 18.6. The molecule has 0 spiro atoms. The number of nitrogens with zero attached hydrogens (tertiary/aromatic N) is 6. The second-order valence-electron chi connectivity index (χ2n) is 5.56. The number of carbonyl (C=O) groups excluding carboxylic acids is 1. The van der Waals surface area contributed by atoms with Gasteiger partial charge in [0.2, 0.25) is 0 Å². The molecule has 2 aromatic carbocycles. The number of aromatic nitrogens is 4. The fourth-order valence-corrected chi connectivity index (χ4v) is 2.15. The molecular weight excluding hydrogens is 362 g/mol. The van der Waals surface area contributed by atoms with Crippen LogP contribution in [0.1, 0.15) is 17.0 Å². The van der Waals surface area contributed by atoms with Crippen LogP contribution in [-0.2, 0) is 11.3 Å². The molecule has 0 aliphatic heterocycles. The molecule has 0 atom stereocenters. The van der Waals surface area contributed by atoms with E-state index < -0.39 is 10.8 Å². The van der Waals surface area contributed by atoms with E-state index in [1.807, 2.05) is 36.4 Å². The van der Waals surface area contributed by atoms with Crippen LogP contribution in [0, 0.1) is 10.1 Å². The van der Waals surface area contributed by atoms with E-state index >= 15 is 0 Å². The van der Waals surface area contributed by atoms with Crippen molar-refractivity contribution in [3.05, 3.63) is 81.7 Å². The van der Waals surface area contributed by atoms with Gasteiger partial charge in [-0.2, -0.15) is 9.90 Å². The average Bonchev–Trinajstić information content (AvgIpc) is 3.15. The molecule has 28 heavy (non-hydrogen) atoms. The minimum atomic E-state index is -0.489. The van der Waals surface area contributed by atoms with E-state index in [0.717, 1.165) is 10.4 Å². The third-order valence-corrected chi connectivity index (χ3v) is 3.48. The predicted octanol–water partition coefficient (Wildman–Crippen LogP) is 1.90. The maximum absolute atomic E-state index is 11.9. The monoisotopic (exact) mass is 377 g/mol. The first-order chi connectivity index (χ1) is 13.6. The SMILES string of the molecule is O=C(Cn1nnc(/C=C/c2ccccc2)n1)N/N=C/c1ccc([N+](=O)[O-])cc1. The van der Waals surface area contributed by atoms with Crippen LogP contribution in [0.15, 0.2) is 59.7 Å². The van der Waals surface area contributed by atoms with Crippen LogP contribution in [0.3, 0.4) is 0 Å².